The van der Waals surface area contributed by atoms with E-state index in [-0.39, 0.29) is 24.3 Å². The maximum Gasteiger partial charge on any atom is 0.226 e. The number of nitrogens with one attached hydrogen (secondary N) is 2. The maximum absolute atomic E-state index is 12.5. The third-order valence-electron chi connectivity index (χ3n) is 4.21. The summed E-state index contributed by atoms with van der Waals surface area (Å²) in [6.07, 6.45) is 0.178. The Morgan fingerprint density at radius 3 is 2.23 bits per heavy atom. The number of rotatable bonds is 6. The summed E-state index contributed by atoms with van der Waals surface area (Å²) in [5.74, 6) is -0.295. The van der Waals surface area contributed by atoms with Gasteiger partial charge in [-0.2, -0.15) is 0 Å². The highest BCUT2D eigenvalue weighted by molar-refractivity contribution is 5.92. The van der Waals surface area contributed by atoms with Crippen LogP contribution >= 0.6 is 0 Å². The Morgan fingerprint density at radius 2 is 1.69 bits per heavy atom. The Balaban J connectivity index is 2.10. The first kappa shape index (κ1) is 19.5. The summed E-state index contributed by atoms with van der Waals surface area (Å²) in [6, 6.07) is 13.3. The molecule has 2 aromatic carbocycles. The standard InChI is InChI=1S/C21H27N3O2/c1-14-6-8-17(9-7-14)19(22-16(3)25)13-21(26)23-18-10-11-20(24(4)5)15(2)12-18/h6-12,19H,13H2,1-5H3,(H,22,25)(H,23,26). The zero-order valence-electron chi connectivity index (χ0n) is 16.1. The number of amides is 2. The molecule has 0 radical (unpaired) electrons. The third-order valence-corrected chi connectivity index (χ3v) is 4.21. The van der Waals surface area contributed by atoms with Gasteiger partial charge >= 0.3 is 0 Å². The van der Waals surface area contributed by atoms with Crippen molar-refractivity contribution in [3.63, 3.8) is 0 Å². The topological polar surface area (TPSA) is 61.4 Å². The van der Waals surface area contributed by atoms with Crippen LogP contribution < -0.4 is 15.5 Å². The zero-order valence-corrected chi connectivity index (χ0v) is 16.1. The van der Waals surface area contributed by atoms with Gasteiger partial charge in [0.15, 0.2) is 0 Å². The molecule has 0 heterocycles. The monoisotopic (exact) mass is 353 g/mol. The molecular formula is C21H27N3O2. The Labute approximate surface area is 155 Å². The fraction of sp³-hybridized carbons (Fsp3) is 0.333. The van der Waals surface area contributed by atoms with Crippen molar-refractivity contribution in [2.24, 2.45) is 0 Å². The molecule has 0 spiro atoms. The molecule has 0 bridgehead atoms. The van der Waals surface area contributed by atoms with E-state index in [2.05, 4.69) is 10.6 Å². The van der Waals surface area contributed by atoms with E-state index in [1.165, 1.54) is 6.92 Å². The maximum atomic E-state index is 12.5. The average Bonchev–Trinajstić information content (AvgIpc) is 2.54. The van der Waals surface area contributed by atoms with E-state index >= 15 is 0 Å². The van der Waals surface area contributed by atoms with E-state index < -0.39 is 0 Å². The fourth-order valence-corrected chi connectivity index (χ4v) is 2.93. The number of hydrogen-bond acceptors (Lipinski definition) is 3. The molecule has 26 heavy (non-hydrogen) atoms. The van der Waals surface area contributed by atoms with Gasteiger partial charge < -0.3 is 15.5 Å². The number of aryl methyl sites for hydroxylation is 2. The number of anilines is 2. The van der Waals surface area contributed by atoms with E-state index in [0.29, 0.717) is 0 Å². The number of carbonyl (C=O) groups is 2. The number of hydrogen-bond donors (Lipinski definition) is 2. The second kappa shape index (κ2) is 8.52. The van der Waals surface area contributed by atoms with Gasteiger partial charge in [0.1, 0.15) is 0 Å². The van der Waals surface area contributed by atoms with Crippen LogP contribution in [0.25, 0.3) is 0 Å². The lowest BCUT2D eigenvalue weighted by molar-refractivity contribution is -0.120. The van der Waals surface area contributed by atoms with Crippen LogP contribution in [-0.4, -0.2) is 25.9 Å². The van der Waals surface area contributed by atoms with Crippen molar-refractivity contribution in [1.82, 2.24) is 5.32 Å². The summed E-state index contributed by atoms with van der Waals surface area (Å²) in [4.78, 5) is 26.1. The zero-order chi connectivity index (χ0) is 19.3. The molecule has 0 aromatic heterocycles. The minimum atomic E-state index is -0.352. The van der Waals surface area contributed by atoms with Gasteiger partial charge in [-0.1, -0.05) is 29.8 Å². The second-order valence-electron chi connectivity index (χ2n) is 6.81. The minimum Gasteiger partial charge on any atom is -0.377 e. The van der Waals surface area contributed by atoms with Crippen LogP contribution in [0.3, 0.4) is 0 Å². The van der Waals surface area contributed by atoms with Gasteiger partial charge in [0.25, 0.3) is 0 Å². The van der Waals surface area contributed by atoms with Crippen LogP contribution in [0.15, 0.2) is 42.5 Å². The van der Waals surface area contributed by atoms with E-state index in [1.54, 1.807) is 0 Å². The second-order valence-corrected chi connectivity index (χ2v) is 6.81. The summed E-state index contributed by atoms with van der Waals surface area (Å²) in [6.45, 7) is 5.48. The van der Waals surface area contributed by atoms with Gasteiger partial charge in [0.05, 0.1) is 12.5 Å². The number of nitrogens with zero attached hydrogens (tertiary/aromatic N) is 1. The molecule has 0 saturated heterocycles. The molecule has 0 aliphatic carbocycles. The van der Waals surface area contributed by atoms with Gasteiger partial charge in [-0.25, -0.2) is 0 Å². The molecule has 0 aliphatic rings. The van der Waals surface area contributed by atoms with Crippen molar-refractivity contribution in [1.29, 1.82) is 0 Å². The smallest absolute Gasteiger partial charge is 0.226 e. The average molecular weight is 353 g/mol. The quantitative estimate of drug-likeness (QED) is 0.834. The lowest BCUT2D eigenvalue weighted by atomic mass is 10.0. The predicted octanol–water partition coefficient (Wildman–Crippen LogP) is 3.58. The molecule has 0 saturated carbocycles. The Kier molecular flexibility index (Phi) is 6.39. The molecule has 2 amide bonds. The van der Waals surface area contributed by atoms with E-state index in [1.807, 2.05) is 75.3 Å². The SMILES string of the molecule is CC(=O)NC(CC(=O)Nc1ccc(N(C)C)c(C)c1)c1ccc(C)cc1. The summed E-state index contributed by atoms with van der Waals surface area (Å²) in [7, 11) is 3.97. The predicted molar refractivity (Wildman–Crippen MR) is 106 cm³/mol. The normalized spacial score (nSPS) is 11.6. The third kappa shape index (κ3) is 5.34. The Hall–Kier alpha value is -2.82. The largest absolute Gasteiger partial charge is 0.377 e. The van der Waals surface area contributed by atoms with Crippen molar-refractivity contribution < 1.29 is 9.59 Å². The molecular weight excluding hydrogens is 326 g/mol. The molecule has 1 unspecified atom stereocenters. The first-order chi connectivity index (χ1) is 12.3. The van der Waals surface area contributed by atoms with E-state index in [0.717, 1.165) is 28.1 Å². The van der Waals surface area contributed by atoms with Crippen LogP contribution in [0.2, 0.25) is 0 Å². The van der Waals surface area contributed by atoms with Crippen molar-refractivity contribution in [3.8, 4) is 0 Å². The van der Waals surface area contributed by atoms with Crippen molar-refractivity contribution in [3.05, 3.63) is 59.2 Å². The van der Waals surface area contributed by atoms with Crippen LogP contribution in [0.1, 0.15) is 36.1 Å². The molecule has 0 fully saturated rings. The Bertz CT molecular complexity index is 782. The molecule has 2 N–H and O–H groups in total. The molecule has 1 atom stereocenters. The highest BCUT2D eigenvalue weighted by atomic mass is 16.2. The van der Waals surface area contributed by atoms with Crippen LogP contribution in [-0.2, 0) is 9.59 Å². The molecule has 5 nitrogen and oxygen atoms in total. The van der Waals surface area contributed by atoms with Crippen molar-refractivity contribution >= 4 is 23.2 Å². The molecule has 0 aliphatic heterocycles. The molecule has 5 heteroatoms. The molecule has 138 valence electrons. The highest BCUT2D eigenvalue weighted by Crippen LogP contribution is 2.23. The number of benzene rings is 2. The van der Waals surface area contributed by atoms with Gasteiger partial charge in [-0.15, -0.1) is 0 Å². The van der Waals surface area contributed by atoms with Gasteiger partial charge in [-0.05, 0) is 43.2 Å². The molecule has 2 aromatic rings. The molecule has 2 rings (SSSR count). The summed E-state index contributed by atoms with van der Waals surface area (Å²) in [5, 5.41) is 5.79. The Morgan fingerprint density at radius 1 is 1.04 bits per heavy atom. The minimum absolute atomic E-state index is 0.138. The first-order valence-corrected chi connectivity index (χ1v) is 8.67. The van der Waals surface area contributed by atoms with Crippen LogP contribution in [0.4, 0.5) is 11.4 Å². The van der Waals surface area contributed by atoms with E-state index in [9.17, 15) is 9.59 Å². The van der Waals surface area contributed by atoms with Crippen LogP contribution in [0, 0.1) is 13.8 Å². The fourth-order valence-electron chi connectivity index (χ4n) is 2.93. The summed E-state index contributed by atoms with van der Waals surface area (Å²) >= 11 is 0. The number of carbonyl (C=O) groups excluding carboxylic acids is 2. The summed E-state index contributed by atoms with van der Waals surface area (Å²) in [5.41, 5.74) is 5.00. The summed E-state index contributed by atoms with van der Waals surface area (Å²) < 4.78 is 0. The van der Waals surface area contributed by atoms with Gasteiger partial charge in [0, 0.05) is 32.4 Å². The van der Waals surface area contributed by atoms with Crippen molar-refractivity contribution in [2.45, 2.75) is 33.2 Å². The van der Waals surface area contributed by atoms with E-state index in [4.69, 9.17) is 0 Å². The van der Waals surface area contributed by atoms with Crippen LogP contribution in [0.5, 0.6) is 0 Å². The van der Waals surface area contributed by atoms with Crippen molar-refractivity contribution in [2.75, 3.05) is 24.3 Å². The first-order valence-electron chi connectivity index (χ1n) is 8.67. The van der Waals surface area contributed by atoms with Gasteiger partial charge in [0.2, 0.25) is 11.8 Å². The highest BCUT2D eigenvalue weighted by Gasteiger charge is 2.17. The van der Waals surface area contributed by atoms with Gasteiger partial charge in [-0.3, -0.25) is 9.59 Å². The lowest BCUT2D eigenvalue weighted by Gasteiger charge is -2.19. The lowest BCUT2D eigenvalue weighted by Crippen LogP contribution is -2.29.